The Kier molecular flexibility index (Phi) is 4.00. The lowest BCUT2D eigenvalue weighted by molar-refractivity contribution is -0.185. The summed E-state index contributed by atoms with van der Waals surface area (Å²) in [6.07, 6.45) is 1.74. The number of nitrogens with one attached hydrogen (secondary N) is 1. The van der Waals surface area contributed by atoms with Gasteiger partial charge in [0.1, 0.15) is 0 Å². The van der Waals surface area contributed by atoms with E-state index in [-0.39, 0.29) is 11.7 Å². The van der Waals surface area contributed by atoms with Crippen molar-refractivity contribution in [3.05, 3.63) is 35.9 Å². The van der Waals surface area contributed by atoms with Gasteiger partial charge < -0.3 is 14.8 Å². The van der Waals surface area contributed by atoms with Crippen LogP contribution in [0.1, 0.15) is 23.2 Å². The van der Waals surface area contributed by atoms with E-state index in [0.29, 0.717) is 25.4 Å². The minimum absolute atomic E-state index is 0.0285. The van der Waals surface area contributed by atoms with Crippen LogP contribution in [-0.2, 0) is 9.47 Å². The van der Waals surface area contributed by atoms with Crippen molar-refractivity contribution in [1.82, 2.24) is 10.2 Å². The molecule has 1 amide bonds. The van der Waals surface area contributed by atoms with E-state index in [1.54, 1.807) is 0 Å². The second-order valence-electron chi connectivity index (χ2n) is 5.26. The van der Waals surface area contributed by atoms with Crippen LogP contribution >= 0.6 is 0 Å². The third-order valence-electron chi connectivity index (χ3n) is 3.93. The Morgan fingerprint density at radius 3 is 2.45 bits per heavy atom. The van der Waals surface area contributed by atoms with E-state index in [4.69, 9.17) is 9.47 Å². The third-order valence-corrected chi connectivity index (χ3v) is 3.93. The summed E-state index contributed by atoms with van der Waals surface area (Å²) in [6, 6.07) is 9.28. The maximum atomic E-state index is 11.9. The molecule has 0 saturated carbocycles. The molecule has 1 spiro atoms. The number of amides is 1. The van der Waals surface area contributed by atoms with Crippen molar-refractivity contribution in [2.45, 2.75) is 18.6 Å². The summed E-state index contributed by atoms with van der Waals surface area (Å²) >= 11 is 0. The van der Waals surface area contributed by atoms with Crippen LogP contribution in [0.4, 0.5) is 0 Å². The molecule has 1 N–H and O–H groups in total. The second kappa shape index (κ2) is 5.91. The average molecular weight is 276 g/mol. The predicted octanol–water partition coefficient (Wildman–Crippen LogP) is 1.21. The number of hydrogen-bond acceptors (Lipinski definition) is 4. The van der Waals surface area contributed by atoms with Crippen molar-refractivity contribution >= 4 is 5.91 Å². The van der Waals surface area contributed by atoms with E-state index < -0.39 is 0 Å². The lowest BCUT2D eigenvalue weighted by Gasteiger charge is -2.37. The monoisotopic (exact) mass is 276 g/mol. The summed E-state index contributed by atoms with van der Waals surface area (Å²) in [5.41, 5.74) is 0.698. The number of piperidine rings is 1. The van der Waals surface area contributed by atoms with Gasteiger partial charge in [0.25, 0.3) is 5.91 Å². The van der Waals surface area contributed by atoms with Gasteiger partial charge in [-0.1, -0.05) is 18.2 Å². The molecule has 3 rings (SSSR count). The van der Waals surface area contributed by atoms with Crippen LogP contribution in [-0.4, -0.2) is 49.6 Å². The fraction of sp³-hybridized carbons (Fsp3) is 0.533. The molecular formula is C15H20N2O3. The standard InChI is InChI=1S/C15H20N2O3/c18-14(13-4-2-1-3-5-13)16-12-17-8-6-15(7-9-17)19-10-11-20-15/h1-5H,6-12H2,(H,16,18). The number of carbonyl (C=O) groups is 1. The van der Waals surface area contributed by atoms with Crippen molar-refractivity contribution in [2.75, 3.05) is 33.0 Å². The van der Waals surface area contributed by atoms with Crippen molar-refractivity contribution in [3.63, 3.8) is 0 Å². The zero-order chi connectivity index (χ0) is 13.8. The summed E-state index contributed by atoms with van der Waals surface area (Å²) in [6.45, 7) is 3.74. The van der Waals surface area contributed by atoms with Crippen molar-refractivity contribution in [1.29, 1.82) is 0 Å². The molecule has 2 aliphatic heterocycles. The van der Waals surface area contributed by atoms with Crippen LogP contribution in [0.15, 0.2) is 30.3 Å². The van der Waals surface area contributed by atoms with E-state index in [2.05, 4.69) is 10.2 Å². The van der Waals surface area contributed by atoms with E-state index in [1.165, 1.54) is 0 Å². The molecule has 0 aliphatic carbocycles. The summed E-state index contributed by atoms with van der Waals surface area (Å²) in [7, 11) is 0. The SMILES string of the molecule is O=C(NCN1CCC2(CC1)OCCO2)c1ccccc1. The van der Waals surface area contributed by atoms with Gasteiger partial charge in [-0.3, -0.25) is 9.69 Å². The van der Waals surface area contributed by atoms with Gasteiger partial charge in [0.2, 0.25) is 0 Å². The van der Waals surface area contributed by atoms with Crippen molar-refractivity contribution < 1.29 is 14.3 Å². The first-order valence-electron chi connectivity index (χ1n) is 7.11. The first kappa shape index (κ1) is 13.5. The van der Waals surface area contributed by atoms with Gasteiger partial charge in [0.15, 0.2) is 5.79 Å². The molecule has 0 radical (unpaired) electrons. The number of benzene rings is 1. The Morgan fingerprint density at radius 2 is 1.80 bits per heavy atom. The molecular weight excluding hydrogens is 256 g/mol. The smallest absolute Gasteiger partial charge is 0.252 e. The molecule has 2 fully saturated rings. The van der Waals surface area contributed by atoms with Crippen LogP contribution < -0.4 is 5.32 Å². The topological polar surface area (TPSA) is 50.8 Å². The number of likely N-dealkylation sites (tertiary alicyclic amines) is 1. The zero-order valence-electron chi connectivity index (χ0n) is 11.5. The summed E-state index contributed by atoms with van der Waals surface area (Å²) in [5, 5.41) is 2.95. The Bertz CT molecular complexity index is 447. The van der Waals surface area contributed by atoms with Crippen molar-refractivity contribution in [3.8, 4) is 0 Å². The Morgan fingerprint density at radius 1 is 1.15 bits per heavy atom. The third kappa shape index (κ3) is 3.00. The summed E-state index contributed by atoms with van der Waals surface area (Å²) < 4.78 is 11.4. The highest BCUT2D eigenvalue weighted by molar-refractivity contribution is 5.94. The minimum atomic E-state index is -0.347. The molecule has 0 bridgehead atoms. The van der Waals surface area contributed by atoms with Gasteiger partial charge in [0.05, 0.1) is 19.9 Å². The molecule has 1 aromatic rings. The minimum Gasteiger partial charge on any atom is -0.347 e. The predicted molar refractivity (Wildman–Crippen MR) is 74.2 cm³/mol. The fourth-order valence-electron chi connectivity index (χ4n) is 2.71. The largest absolute Gasteiger partial charge is 0.347 e. The average Bonchev–Trinajstić information content (AvgIpc) is 2.96. The Hall–Kier alpha value is -1.43. The highest BCUT2D eigenvalue weighted by Gasteiger charge is 2.39. The lowest BCUT2D eigenvalue weighted by atomic mass is 10.0. The molecule has 108 valence electrons. The molecule has 2 saturated heterocycles. The lowest BCUT2D eigenvalue weighted by Crippen LogP contribution is -2.48. The Balaban J connectivity index is 1.45. The molecule has 0 aromatic heterocycles. The maximum Gasteiger partial charge on any atom is 0.252 e. The highest BCUT2D eigenvalue weighted by atomic mass is 16.7. The van der Waals surface area contributed by atoms with Gasteiger partial charge in [-0.25, -0.2) is 0 Å². The van der Waals surface area contributed by atoms with Gasteiger partial charge in [-0.15, -0.1) is 0 Å². The van der Waals surface area contributed by atoms with Crippen molar-refractivity contribution in [2.24, 2.45) is 0 Å². The van der Waals surface area contributed by atoms with Gasteiger partial charge in [-0.05, 0) is 12.1 Å². The number of rotatable bonds is 3. The maximum absolute atomic E-state index is 11.9. The molecule has 0 unspecified atom stereocenters. The number of carbonyl (C=O) groups excluding carboxylic acids is 1. The first-order chi connectivity index (χ1) is 9.77. The zero-order valence-corrected chi connectivity index (χ0v) is 11.5. The molecule has 5 heteroatoms. The van der Waals surface area contributed by atoms with E-state index in [9.17, 15) is 4.79 Å². The fourth-order valence-corrected chi connectivity index (χ4v) is 2.71. The molecule has 0 atom stereocenters. The van der Waals surface area contributed by atoms with E-state index >= 15 is 0 Å². The van der Waals surface area contributed by atoms with Crippen LogP contribution in [0.5, 0.6) is 0 Å². The molecule has 20 heavy (non-hydrogen) atoms. The van der Waals surface area contributed by atoms with Crippen LogP contribution in [0.2, 0.25) is 0 Å². The molecule has 1 aromatic carbocycles. The van der Waals surface area contributed by atoms with Crippen LogP contribution in [0.3, 0.4) is 0 Å². The van der Waals surface area contributed by atoms with Gasteiger partial charge in [0, 0.05) is 31.5 Å². The number of ether oxygens (including phenoxy) is 2. The first-order valence-corrected chi connectivity index (χ1v) is 7.11. The molecule has 2 aliphatic rings. The molecule has 2 heterocycles. The van der Waals surface area contributed by atoms with Crippen LogP contribution in [0.25, 0.3) is 0 Å². The van der Waals surface area contributed by atoms with Gasteiger partial charge >= 0.3 is 0 Å². The van der Waals surface area contributed by atoms with Crippen LogP contribution in [0, 0.1) is 0 Å². The summed E-state index contributed by atoms with van der Waals surface area (Å²) in [4.78, 5) is 14.2. The number of hydrogen-bond donors (Lipinski definition) is 1. The molecule has 5 nitrogen and oxygen atoms in total. The van der Waals surface area contributed by atoms with Gasteiger partial charge in [-0.2, -0.15) is 0 Å². The van der Waals surface area contributed by atoms with E-state index in [1.807, 2.05) is 30.3 Å². The quantitative estimate of drug-likeness (QED) is 0.901. The van der Waals surface area contributed by atoms with E-state index in [0.717, 1.165) is 25.9 Å². The highest BCUT2D eigenvalue weighted by Crippen LogP contribution is 2.30. The number of nitrogens with zero attached hydrogens (tertiary/aromatic N) is 1. The normalized spacial score (nSPS) is 22.0. The Labute approximate surface area is 118 Å². The summed E-state index contributed by atoms with van der Waals surface area (Å²) in [5.74, 6) is -0.376. The second-order valence-corrected chi connectivity index (χ2v) is 5.26.